The van der Waals surface area contributed by atoms with Gasteiger partial charge in [0.2, 0.25) is 12.7 Å². The van der Waals surface area contributed by atoms with E-state index in [1.165, 1.54) is 0 Å². The summed E-state index contributed by atoms with van der Waals surface area (Å²) in [6, 6.07) is 5.34. The van der Waals surface area contributed by atoms with Crippen molar-refractivity contribution in [3.05, 3.63) is 35.2 Å². The fraction of sp³-hybridized carbons (Fsp3) is 0.286. The van der Waals surface area contributed by atoms with Gasteiger partial charge in [0.15, 0.2) is 11.5 Å². The minimum Gasteiger partial charge on any atom is -0.454 e. The van der Waals surface area contributed by atoms with E-state index in [-0.39, 0.29) is 12.7 Å². The molecule has 6 nitrogen and oxygen atoms in total. The molecular weight excluding hydrogens is 258 g/mol. The lowest BCUT2D eigenvalue weighted by Gasteiger charge is -2.06. The Morgan fingerprint density at radius 1 is 1.35 bits per heavy atom. The zero-order valence-corrected chi connectivity index (χ0v) is 11.3. The summed E-state index contributed by atoms with van der Waals surface area (Å²) in [5, 5.41) is 9.80. The maximum Gasteiger partial charge on any atom is 0.231 e. The van der Waals surface area contributed by atoms with Crippen LogP contribution < -0.4 is 14.8 Å². The van der Waals surface area contributed by atoms with E-state index in [9.17, 15) is 4.79 Å². The molecule has 2 heterocycles. The number of nitrogens with one attached hydrogen (secondary N) is 2. The Morgan fingerprint density at radius 2 is 2.15 bits per heavy atom. The molecule has 0 saturated carbocycles. The van der Waals surface area contributed by atoms with Crippen LogP contribution in [0.5, 0.6) is 11.5 Å². The monoisotopic (exact) mass is 273 g/mol. The van der Waals surface area contributed by atoms with Crippen molar-refractivity contribution in [3.8, 4) is 11.5 Å². The smallest absolute Gasteiger partial charge is 0.231 e. The van der Waals surface area contributed by atoms with Crippen molar-refractivity contribution < 1.29 is 14.3 Å². The molecule has 20 heavy (non-hydrogen) atoms. The lowest BCUT2D eigenvalue weighted by atomic mass is 10.1. The van der Waals surface area contributed by atoms with Crippen LogP contribution in [0.25, 0.3) is 0 Å². The Balaban J connectivity index is 1.70. The van der Waals surface area contributed by atoms with Gasteiger partial charge in [0.25, 0.3) is 0 Å². The highest BCUT2D eigenvalue weighted by molar-refractivity contribution is 5.92. The van der Waals surface area contributed by atoms with Crippen LogP contribution >= 0.6 is 0 Å². The molecule has 104 valence electrons. The van der Waals surface area contributed by atoms with E-state index < -0.39 is 0 Å². The van der Waals surface area contributed by atoms with Gasteiger partial charge >= 0.3 is 0 Å². The summed E-state index contributed by atoms with van der Waals surface area (Å²) < 4.78 is 10.5. The second-order valence-corrected chi connectivity index (χ2v) is 4.71. The van der Waals surface area contributed by atoms with Gasteiger partial charge in [-0.25, -0.2) is 0 Å². The zero-order chi connectivity index (χ0) is 14.1. The normalized spacial score (nSPS) is 12.5. The van der Waals surface area contributed by atoms with Gasteiger partial charge in [-0.3, -0.25) is 9.89 Å². The van der Waals surface area contributed by atoms with Crippen molar-refractivity contribution in [2.24, 2.45) is 0 Å². The third-order valence-electron chi connectivity index (χ3n) is 3.27. The van der Waals surface area contributed by atoms with E-state index in [0.29, 0.717) is 23.6 Å². The number of fused-ring (bicyclic) bond motifs is 1. The Kier molecular flexibility index (Phi) is 3.06. The number of aromatic amines is 1. The van der Waals surface area contributed by atoms with Crippen molar-refractivity contribution in [2.75, 3.05) is 12.1 Å². The predicted octanol–water partition coefficient (Wildman–Crippen LogP) is 1.94. The van der Waals surface area contributed by atoms with Gasteiger partial charge in [-0.15, -0.1) is 0 Å². The van der Waals surface area contributed by atoms with Crippen LogP contribution in [-0.2, 0) is 11.2 Å². The molecule has 1 aromatic heterocycles. The minimum absolute atomic E-state index is 0.0866. The molecule has 1 aliphatic heterocycles. The molecule has 0 bridgehead atoms. The quantitative estimate of drug-likeness (QED) is 0.896. The van der Waals surface area contributed by atoms with Crippen LogP contribution in [0.4, 0.5) is 5.69 Å². The molecule has 0 atom stereocenters. The molecule has 0 fully saturated rings. The number of H-pyrrole nitrogens is 1. The minimum atomic E-state index is -0.0866. The van der Waals surface area contributed by atoms with Gasteiger partial charge in [0, 0.05) is 23.0 Å². The van der Waals surface area contributed by atoms with E-state index in [2.05, 4.69) is 15.5 Å². The number of amides is 1. The number of aryl methyl sites for hydroxylation is 2. The number of rotatable bonds is 3. The number of aromatic nitrogens is 2. The molecule has 2 aromatic rings. The first-order valence-electron chi connectivity index (χ1n) is 6.33. The molecule has 6 heteroatoms. The van der Waals surface area contributed by atoms with Crippen LogP contribution in [0.2, 0.25) is 0 Å². The zero-order valence-electron chi connectivity index (χ0n) is 11.3. The molecule has 1 aliphatic rings. The lowest BCUT2D eigenvalue weighted by molar-refractivity contribution is -0.115. The molecule has 0 spiro atoms. The first-order valence-corrected chi connectivity index (χ1v) is 6.33. The molecule has 0 aliphatic carbocycles. The maximum absolute atomic E-state index is 12.1. The molecule has 3 rings (SSSR count). The highest BCUT2D eigenvalue weighted by Gasteiger charge is 2.15. The highest BCUT2D eigenvalue weighted by Crippen LogP contribution is 2.34. The molecule has 0 saturated heterocycles. The second-order valence-electron chi connectivity index (χ2n) is 4.71. The van der Waals surface area contributed by atoms with Crippen molar-refractivity contribution in [1.29, 1.82) is 0 Å². The van der Waals surface area contributed by atoms with Crippen LogP contribution in [0.3, 0.4) is 0 Å². The van der Waals surface area contributed by atoms with E-state index >= 15 is 0 Å². The third-order valence-corrected chi connectivity index (χ3v) is 3.27. The van der Waals surface area contributed by atoms with E-state index in [4.69, 9.17) is 9.47 Å². The van der Waals surface area contributed by atoms with Gasteiger partial charge in [-0.05, 0) is 26.0 Å². The summed E-state index contributed by atoms with van der Waals surface area (Å²) in [5.41, 5.74) is 3.40. The number of nitrogens with zero attached hydrogens (tertiary/aromatic N) is 1. The molecule has 0 radical (unpaired) electrons. The molecule has 1 amide bonds. The average Bonchev–Trinajstić information content (AvgIpc) is 3.00. The van der Waals surface area contributed by atoms with Crippen molar-refractivity contribution in [1.82, 2.24) is 10.2 Å². The number of carbonyl (C=O) groups is 1. The topological polar surface area (TPSA) is 76.2 Å². The molecule has 2 N–H and O–H groups in total. The van der Waals surface area contributed by atoms with Crippen molar-refractivity contribution >= 4 is 11.6 Å². The number of hydrogen-bond acceptors (Lipinski definition) is 4. The SMILES string of the molecule is Cc1n[nH]c(C)c1CC(=O)Nc1ccc2c(c1)OCO2. The first-order chi connectivity index (χ1) is 9.63. The fourth-order valence-electron chi connectivity index (χ4n) is 2.17. The summed E-state index contributed by atoms with van der Waals surface area (Å²) in [5.74, 6) is 1.26. The Hall–Kier alpha value is -2.50. The van der Waals surface area contributed by atoms with Gasteiger partial charge in [-0.2, -0.15) is 5.10 Å². The van der Waals surface area contributed by atoms with Gasteiger partial charge < -0.3 is 14.8 Å². The Labute approximate surface area is 116 Å². The largest absolute Gasteiger partial charge is 0.454 e. The second kappa shape index (κ2) is 4.88. The van der Waals surface area contributed by atoms with Crippen molar-refractivity contribution in [3.63, 3.8) is 0 Å². The van der Waals surface area contributed by atoms with E-state index in [1.54, 1.807) is 18.2 Å². The maximum atomic E-state index is 12.1. The number of anilines is 1. The van der Waals surface area contributed by atoms with Gasteiger partial charge in [0.1, 0.15) is 0 Å². The summed E-state index contributed by atoms with van der Waals surface area (Å²) in [6.07, 6.45) is 0.294. The molecular formula is C14H15N3O3. The third kappa shape index (κ3) is 2.32. The van der Waals surface area contributed by atoms with Crippen LogP contribution in [0, 0.1) is 13.8 Å². The van der Waals surface area contributed by atoms with E-state index in [0.717, 1.165) is 17.0 Å². The lowest BCUT2D eigenvalue weighted by Crippen LogP contribution is -2.15. The number of ether oxygens (including phenoxy) is 2. The summed E-state index contributed by atoms with van der Waals surface area (Å²) in [6.45, 7) is 4.01. The fourth-order valence-corrected chi connectivity index (χ4v) is 2.17. The van der Waals surface area contributed by atoms with Crippen molar-refractivity contribution in [2.45, 2.75) is 20.3 Å². The van der Waals surface area contributed by atoms with E-state index in [1.807, 2.05) is 13.8 Å². The highest BCUT2D eigenvalue weighted by atomic mass is 16.7. The van der Waals surface area contributed by atoms with Crippen LogP contribution in [0.1, 0.15) is 17.0 Å². The summed E-state index contributed by atoms with van der Waals surface area (Å²) >= 11 is 0. The number of hydrogen-bond donors (Lipinski definition) is 2. The van der Waals surface area contributed by atoms with Gasteiger partial charge in [0.05, 0.1) is 12.1 Å². The number of benzene rings is 1. The Morgan fingerprint density at radius 3 is 2.90 bits per heavy atom. The summed E-state index contributed by atoms with van der Waals surface area (Å²) in [7, 11) is 0. The first kappa shape index (κ1) is 12.5. The number of carbonyl (C=O) groups excluding carboxylic acids is 1. The van der Waals surface area contributed by atoms with Crippen LogP contribution in [0.15, 0.2) is 18.2 Å². The molecule has 1 aromatic carbocycles. The van der Waals surface area contributed by atoms with Gasteiger partial charge in [-0.1, -0.05) is 0 Å². The molecule has 0 unspecified atom stereocenters. The average molecular weight is 273 g/mol. The Bertz CT molecular complexity index is 644. The standard InChI is InChI=1S/C14H15N3O3/c1-8-11(9(2)17-16-8)6-14(18)15-10-3-4-12-13(5-10)20-7-19-12/h3-5H,6-7H2,1-2H3,(H,15,18)(H,16,17). The predicted molar refractivity (Wildman–Crippen MR) is 73.0 cm³/mol. The van der Waals surface area contributed by atoms with Crippen LogP contribution in [-0.4, -0.2) is 22.9 Å². The summed E-state index contributed by atoms with van der Waals surface area (Å²) in [4.78, 5) is 12.1.